The summed E-state index contributed by atoms with van der Waals surface area (Å²) in [6, 6.07) is 0. The lowest BCUT2D eigenvalue weighted by Gasteiger charge is -2.65. The largest absolute Gasteiger partial charge is 0.306 e. The monoisotopic (exact) mass is 141 g/mol. The third-order valence-corrected chi connectivity index (χ3v) is 3.75. The predicted octanol–water partition coefficient (Wildman–Crippen LogP) is 2.17. The Morgan fingerprint density at radius 3 is 1.00 bits per heavy atom. The summed E-state index contributed by atoms with van der Waals surface area (Å²) in [5.41, 5.74) is 1.01. The van der Waals surface area contributed by atoms with E-state index in [0.717, 1.165) is 0 Å². The molecule has 1 fully saturated rings. The van der Waals surface area contributed by atoms with Crippen molar-refractivity contribution in [3.05, 3.63) is 0 Å². The molecule has 0 amide bonds. The Hall–Kier alpha value is -0.0400. The summed E-state index contributed by atoms with van der Waals surface area (Å²) in [5, 5.41) is 3.55. The van der Waals surface area contributed by atoms with Crippen LogP contribution >= 0.6 is 0 Å². The van der Waals surface area contributed by atoms with E-state index in [0.29, 0.717) is 16.5 Å². The maximum absolute atomic E-state index is 3.55. The van der Waals surface area contributed by atoms with Crippen molar-refractivity contribution < 1.29 is 0 Å². The van der Waals surface area contributed by atoms with E-state index < -0.39 is 0 Å². The molecule has 0 aromatic carbocycles. The van der Waals surface area contributed by atoms with Gasteiger partial charge in [0, 0.05) is 16.5 Å². The Morgan fingerprint density at radius 1 is 0.700 bits per heavy atom. The van der Waals surface area contributed by atoms with Gasteiger partial charge >= 0.3 is 0 Å². The van der Waals surface area contributed by atoms with E-state index in [1.165, 1.54) is 0 Å². The van der Waals surface area contributed by atoms with Gasteiger partial charge in [-0.1, -0.05) is 13.8 Å². The van der Waals surface area contributed by atoms with Crippen LogP contribution in [0.25, 0.3) is 0 Å². The van der Waals surface area contributed by atoms with Gasteiger partial charge in [-0.25, -0.2) is 0 Å². The quantitative estimate of drug-likeness (QED) is 0.545. The van der Waals surface area contributed by atoms with Crippen LogP contribution in [0.2, 0.25) is 0 Å². The third-order valence-electron chi connectivity index (χ3n) is 3.75. The minimum Gasteiger partial charge on any atom is -0.306 e. The molecule has 0 bridgehead atoms. The molecule has 1 aliphatic rings. The standard InChI is InChI=1S/C9H19N/c1-7(2)8(3,4)10-9(7,5)6/h10H,1-6H3. The third kappa shape index (κ3) is 0.672. The second-order valence-corrected chi connectivity index (χ2v) is 5.00. The first-order chi connectivity index (χ1) is 4.21. The molecule has 1 nitrogen and oxygen atoms in total. The molecule has 0 saturated carbocycles. The lowest BCUT2D eigenvalue weighted by molar-refractivity contribution is -0.0788. The van der Waals surface area contributed by atoms with Crippen LogP contribution in [0.4, 0.5) is 0 Å². The van der Waals surface area contributed by atoms with Crippen LogP contribution in [0, 0.1) is 5.41 Å². The van der Waals surface area contributed by atoms with Crippen LogP contribution in [-0.4, -0.2) is 11.1 Å². The lowest BCUT2D eigenvalue weighted by Crippen LogP contribution is -2.79. The Bertz CT molecular complexity index is 138. The summed E-state index contributed by atoms with van der Waals surface area (Å²) >= 11 is 0. The summed E-state index contributed by atoms with van der Waals surface area (Å²) in [5.74, 6) is 0. The van der Waals surface area contributed by atoms with Crippen molar-refractivity contribution in [1.29, 1.82) is 0 Å². The molecule has 0 unspecified atom stereocenters. The van der Waals surface area contributed by atoms with Gasteiger partial charge in [0.15, 0.2) is 0 Å². The van der Waals surface area contributed by atoms with E-state index in [2.05, 4.69) is 46.9 Å². The topological polar surface area (TPSA) is 12.0 Å². The maximum Gasteiger partial charge on any atom is 0.0198 e. The molecule has 1 heterocycles. The van der Waals surface area contributed by atoms with Crippen LogP contribution in [0.3, 0.4) is 0 Å². The number of rotatable bonds is 0. The van der Waals surface area contributed by atoms with Crippen LogP contribution in [-0.2, 0) is 0 Å². The van der Waals surface area contributed by atoms with Gasteiger partial charge in [-0.15, -0.1) is 0 Å². The molecule has 1 rings (SSSR count). The second-order valence-electron chi connectivity index (χ2n) is 5.00. The number of nitrogens with one attached hydrogen (secondary N) is 1. The minimum absolute atomic E-state index is 0.302. The molecule has 0 aliphatic carbocycles. The van der Waals surface area contributed by atoms with E-state index in [4.69, 9.17) is 0 Å². The van der Waals surface area contributed by atoms with Crippen molar-refractivity contribution in [2.24, 2.45) is 5.41 Å². The highest BCUT2D eigenvalue weighted by atomic mass is 15.2. The highest BCUT2D eigenvalue weighted by molar-refractivity contribution is 5.17. The van der Waals surface area contributed by atoms with Crippen molar-refractivity contribution in [3.63, 3.8) is 0 Å². The van der Waals surface area contributed by atoms with Crippen molar-refractivity contribution in [3.8, 4) is 0 Å². The van der Waals surface area contributed by atoms with Gasteiger partial charge in [-0.05, 0) is 27.7 Å². The van der Waals surface area contributed by atoms with Gasteiger partial charge in [-0.2, -0.15) is 0 Å². The van der Waals surface area contributed by atoms with Gasteiger partial charge in [-0.3, -0.25) is 0 Å². The van der Waals surface area contributed by atoms with Gasteiger partial charge in [0.1, 0.15) is 0 Å². The SMILES string of the molecule is CC1(C)NC(C)(C)C1(C)C. The number of hydrogen-bond donors (Lipinski definition) is 1. The predicted molar refractivity (Wildman–Crippen MR) is 45.1 cm³/mol. The molecule has 0 atom stereocenters. The molecule has 1 saturated heterocycles. The molecule has 1 aliphatic heterocycles. The van der Waals surface area contributed by atoms with Crippen LogP contribution < -0.4 is 5.32 Å². The second kappa shape index (κ2) is 1.58. The van der Waals surface area contributed by atoms with Crippen molar-refractivity contribution in [2.75, 3.05) is 0 Å². The van der Waals surface area contributed by atoms with E-state index >= 15 is 0 Å². The van der Waals surface area contributed by atoms with Gasteiger partial charge < -0.3 is 5.32 Å². The molecule has 1 N–H and O–H groups in total. The lowest BCUT2D eigenvalue weighted by atomic mass is 9.55. The zero-order valence-corrected chi connectivity index (χ0v) is 8.00. The van der Waals surface area contributed by atoms with Crippen LogP contribution in [0.1, 0.15) is 41.5 Å². The molecule has 10 heavy (non-hydrogen) atoms. The summed E-state index contributed by atoms with van der Waals surface area (Å²) in [7, 11) is 0. The average molecular weight is 141 g/mol. The van der Waals surface area contributed by atoms with Gasteiger partial charge in [0.25, 0.3) is 0 Å². The molecule has 60 valence electrons. The Morgan fingerprint density at radius 2 is 1.00 bits per heavy atom. The highest BCUT2D eigenvalue weighted by Gasteiger charge is 2.58. The van der Waals surface area contributed by atoms with E-state index in [1.54, 1.807) is 0 Å². The first kappa shape index (κ1) is 8.06. The van der Waals surface area contributed by atoms with Gasteiger partial charge in [0.2, 0.25) is 0 Å². The smallest absolute Gasteiger partial charge is 0.0198 e. The fraction of sp³-hybridized carbons (Fsp3) is 1.00. The van der Waals surface area contributed by atoms with E-state index in [9.17, 15) is 0 Å². The van der Waals surface area contributed by atoms with Crippen molar-refractivity contribution in [1.82, 2.24) is 5.32 Å². The van der Waals surface area contributed by atoms with Crippen LogP contribution in [0.15, 0.2) is 0 Å². The summed E-state index contributed by atoms with van der Waals surface area (Å²) in [4.78, 5) is 0. The zero-order valence-electron chi connectivity index (χ0n) is 8.00. The highest BCUT2D eigenvalue weighted by Crippen LogP contribution is 2.50. The van der Waals surface area contributed by atoms with Crippen LogP contribution in [0.5, 0.6) is 0 Å². The number of hydrogen-bond acceptors (Lipinski definition) is 1. The molecular formula is C9H19N. The Labute approximate surface area is 64.2 Å². The summed E-state index contributed by atoms with van der Waals surface area (Å²) < 4.78 is 0. The fourth-order valence-electron chi connectivity index (χ4n) is 1.81. The van der Waals surface area contributed by atoms with E-state index in [-0.39, 0.29) is 0 Å². The Balaban J connectivity index is 2.85. The molecular weight excluding hydrogens is 122 g/mol. The normalized spacial score (nSPS) is 33.0. The first-order valence-electron chi connectivity index (χ1n) is 4.00. The van der Waals surface area contributed by atoms with Crippen molar-refractivity contribution >= 4 is 0 Å². The molecule has 0 radical (unpaired) electrons. The van der Waals surface area contributed by atoms with Crippen molar-refractivity contribution in [2.45, 2.75) is 52.6 Å². The Kier molecular flexibility index (Phi) is 1.27. The molecule has 0 aromatic heterocycles. The average Bonchev–Trinajstić information content (AvgIpc) is 1.61. The fourth-order valence-corrected chi connectivity index (χ4v) is 1.81. The first-order valence-corrected chi connectivity index (χ1v) is 4.00. The summed E-state index contributed by atoms with van der Waals surface area (Å²) in [6.07, 6.45) is 0. The summed E-state index contributed by atoms with van der Waals surface area (Å²) in [6.45, 7) is 13.7. The molecule has 1 heteroatoms. The minimum atomic E-state index is 0.302. The van der Waals surface area contributed by atoms with E-state index in [1.807, 2.05) is 0 Å². The molecule has 0 aromatic rings. The van der Waals surface area contributed by atoms with Gasteiger partial charge in [0.05, 0.1) is 0 Å². The maximum atomic E-state index is 3.55. The molecule has 0 spiro atoms. The zero-order chi connectivity index (χ0) is 8.21.